The highest BCUT2D eigenvalue weighted by molar-refractivity contribution is 7.80. The van der Waals surface area contributed by atoms with Crippen LogP contribution in [-0.2, 0) is 11.3 Å². The van der Waals surface area contributed by atoms with Gasteiger partial charge in [0.2, 0.25) is 6.17 Å². The molecule has 1 atom stereocenters. The van der Waals surface area contributed by atoms with Crippen LogP contribution in [0.5, 0.6) is 5.75 Å². The first kappa shape index (κ1) is 25.5. The Morgan fingerprint density at radius 3 is 2.47 bits per heavy atom. The minimum atomic E-state index is -4.76. The summed E-state index contributed by atoms with van der Waals surface area (Å²) in [5.41, 5.74) is 3.39. The van der Waals surface area contributed by atoms with E-state index in [1.165, 1.54) is 29.2 Å². The molecule has 1 heterocycles. The molecule has 0 bridgehead atoms. The van der Waals surface area contributed by atoms with Crippen molar-refractivity contribution in [1.82, 2.24) is 10.6 Å². The molecular weight excluding hydrogens is 513 g/mol. The predicted molar refractivity (Wildman–Crippen MR) is 136 cm³/mol. The van der Waals surface area contributed by atoms with Gasteiger partial charge in [-0.15, -0.1) is 13.2 Å². The van der Waals surface area contributed by atoms with Crippen LogP contribution in [0, 0.1) is 0 Å². The van der Waals surface area contributed by atoms with Crippen LogP contribution in [0.3, 0.4) is 0 Å². The van der Waals surface area contributed by atoms with E-state index in [0.717, 1.165) is 5.56 Å². The zero-order valence-electron chi connectivity index (χ0n) is 18.8. The van der Waals surface area contributed by atoms with E-state index in [-0.39, 0.29) is 23.3 Å². The molecule has 1 unspecified atom stereocenters. The van der Waals surface area contributed by atoms with Crippen LogP contribution in [0.15, 0.2) is 77.8 Å². The number of carbonyl (C=O) groups is 1. The zero-order chi connectivity index (χ0) is 25.9. The van der Waals surface area contributed by atoms with Crippen molar-refractivity contribution >= 4 is 46.2 Å². The first-order chi connectivity index (χ1) is 17.1. The van der Waals surface area contributed by atoms with E-state index in [0.29, 0.717) is 27.5 Å². The number of alkyl halides is 3. The van der Waals surface area contributed by atoms with Crippen LogP contribution in [0.1, 0.15) is 16.7 Å². The van der Waals surface area contributed by atoms with E-state index in [4.69, 9.17) is 28.8 Å². The fraction of sp³-hybridized carbons (Fsp3) is 0.160. The summed E-state index contributed by atoms with van der Waals surface area (Å²) < 4.78 is 40.9. The Morgan fingerprint density at radius 2 is 1.81 bits per heavy atom. The third-order valence-electron chi connectivity index (χ3n) is 5.32. The van der Waals surface area contributed by atoms with Crippen molar-refractivity contribution in [1.29, 1.82) is 0 Å². The molecule has 3 aromatic rings. The number of benzene rings is 3. The van der Waals surface area contributed by atoms with Crippen molar-refractivity contribution in [3.8, 4) is 5.75 Å². The number of amides is 1. The average Bonchev–Trinajstić information content (AvgIpc) is 2.93. The van der Waals surface area contributed by atoms with Crippen molar-refractivity contribution in [3.63, 3.8) is 0 Å². The number of nitrogens with one attached hydrogen (secondary N) is 2. The summed E-state index contributed by atoms with van der Waals surface area (Å²) in [7, 11) is 1.65. The van der Waals surface area contributed by atoms with Crippen LogP contribution >= 0.6 is 23.8 Å². The average molecular weight is 533 g/mol. The molecule has 0 saturated carbocycles. The number of hydrogen-bond donors (Lipinski definition) is 2. The SMILES string of the molecule is CN1C(=O)C(NC(=S)NCc2ccc(OC(F)(F)F)cc2)N=C(c2ccccc2)c2cc(Cl)ccc21. The monoisotopic (exact) mass is 532 g/mol. The minimum absolute atomic E-state index is 0.150. The lowest BCUT2D eigenvalue weighted by Crippen LogP contribution is -2.49. The van der Waals surface area contributed by atoms with Crippen LogP contribution in [-0.4, -0.2) is 36.3 Å². The molecule has 1 aliphatic rings. The molecule has 0 fully saturated rings. The largest absolute Gasteiger partial charge is 0.573 e. The van der Waals surface area contributed by atoms with E-state index in [9.17, 15) is 18.0 Å². The van der Waals surface area contributed by atoms with Gasteiger partial charge >= 0.3 is 6.36 Å². The van der Waals surface area contributed by atoms with Gasteiger partial charge in [0.05, 0.1) is 11.4 Å². The molecule has 1 amide bonds. The number of carbonyl (C=O) groups excluding carboxylic acids is 1. The van der Waals surface area contributed by atoms with E-state index in [1.807, 2.05) is 30.3 Å². The van der Waals surface area contributed by atoms with Crippen LogP contribution in [0.25, 0.3) is 0 Å². The molecule has 36 heavy (non-hydrogen) atoms. The maximum Gasteiger partial charge on any atom is 0.573 e. The van der Waals surface area contributed by atoms with E-state index < -0.39 is 12.5 Å². The number of aliphatic imine (C=N–C) groups is 1. The van der Waals surface area contributed by atoms with Crippen molar-refractivity contribution < 1.29 is 22.7 Å². The van der Waals surface area contributed by atoms with Crippen molar-refractivity contribution in [2.45, 2.75) is 19.1 Å². The third-order valence-corrected chi connectivity index (χ3v) is 5.82. The highest BCUT2D eigenvalue weighted by Crippen LogP contribution is 2.30. The minimum Gasteiger partial charge on any atom is -0.406 e. The second-order valence-corrected chi connectivity index (χ2v) is 8.67. The Kier molecular flexibility index (Phi) is 7.46. The lowest BCUT2D eigenvalue weighted by molar-refractivity contribution is -0.274. The van der Waals surface area contributed by atoms with Crippen molar-refractivity contribution in [3.05, 3.63) is 94.5 Å². The number of anilines is 1. The quantitative estimate of drug-likeness (QED) is 0.451. The van der Waals surface area contributed by atoms with Gasteiger partial charge in [0.25, 0.3) is 5.91 Å². The first-order valence-corrected chi connectivity index (χ1v) is 11.5. The number of ether oxygens (including phenoxy) is 1. The number of fused-ring (bicyclic) bond motifs is 1. The summed E-state index contributed by atoms with van der Waals surface area (Å²) in [6.45, 7) is 0.208. The molecule has 0 aliphatic carbocycles. The molecule has 6 nitrogen and oxygen atoms in total. The van der Waals surface area contributed by atoms with Crippen molar-refractivity contribution in [2.24, 2.45) is 4.99 Å². The van der Waals surface area contributed by atoms with Gasteiger partial charge in [-0.3, -0.25) is 4.79 Å². The Labute approximate surface area is 215 Å². The molecule has 2 N–H and O–H groups in total. The molecule has 1 aliphatic heterocycles. The molecule has 186 valence electrons. The van der Waals surface area contributed by atoms with E-state index in [2.05, 4.69) is 15.4 Å². The second-order valence-electron chi connectivity index (χ2n) is 7.82. The molecule has 11 heteroatoms. The number of rotatable bonds is 5. The maximum atomic E-state index is 13.3. The maximum absolute atomic E-state index is 13.3. The lowest BCUT2D eigenvalue weighted by Gasteiger charge is -2.22. The number of thiocarbonyl (C=S) groups is 1. The summed E-state index contributed by atoms with van der Waals surface area (Å²) in [5, 5.41) is 6.55. The highest BCUT2D eigenvalue weighted by atomic mass is 35.5. The Hall–Kier alpha value is -3.63. The molecule has 0 spiro atoms. The number of likely N-dealkylation sites (N-methyl/N-ethyl adjacent to an activating group) is 1. The fourth-order valence-corrected chi connectivity index (χ4v) is 3.99. The van der Waals surface area contributed by atoms with Gasteiger partial charge in [0.15, 0.2) is 5.11 Å². The predicted octanol–water partition coefficient (Wildman–Crippen LogP) is 5.04. The van der Waals surface area contributed by atoms with Gasteiger partial charge in [-0.2, -0.15) is 0 Å². The zero-order valence-corrected chi connectivity index (χ0v) is 20.4. The lowest BCUT2D eigenvalue weighted by atomic mass is 10.0. The third kappa shape index (κ3) is 6.13. The molecule has 0 aromatic heterocycles. The standard InChI is InChI=1S/C25H20ClF3N4O2S/c1-33-20-12-9-17(26)13-19(20)21(16-5-3-2-4-6-16)31-22(23(33)34)32-24(36)30-14-15-7-10-18(11-8-15)35-25(27,28)29/h2-13,22H,14H2,1H3,(H2,30,32,36). The number of hydrogen-bond acceptors (Lipinski definition) is 4. The second kappa shape index (κ2) is 10.5. The normalized spacial score (nSPS) is 15.5. The molecule has 0 saturated heterocycles. The highest BCUT2D eigenvalue weighted by Gasteiger charge is 2.31. The molecule has 0 radical (unpaired) electrons. The first-order valence-electron chi connectivity index (χ1n) is 10.7. The van der Waals surface area contributed by atoms with Gasteiger partial charge < -0.3 is 20.3 Å². The van der Waals surface area contributed by atoms with E-state index in [1.54, 1.807) is 25.2 Å². The van der Waals surface area contributed by atoms with Crippen LogP contribution < -0.4 is 20.3 Å². The molecular formula is C25H20ClF3N4O2S. The number of nitrogens with zero attached hydrogens (tertiary/aromatic N) is 2. The summed E-state index contributed by atoms with van der Waals surface area (Å²) in [5.74, 6) is -0.649. The van der Waals surface area contributed by atoms with E-state index >= 15 is 0 Å². The summed E-state index contributed by atoms with van der Waals surface area (Å²) in [6, 6.07) is 20.0. The summed E-state index contributed by atoms with van der Waals surface area (Å²) >= 11 is 11.6. The Morgan fingerprint density at radius 1 is 1.11 bits per heavy atom. The van der Waals surface area contributed by atoms with Gasteiger partial charge in [-0.25, -0.2) is 4.99 Å². The van der Waals surface area contributed by atoms with Gasteiger partial charge in [-0.05, 0) is 48.1 Å². The number of halogens is 4. The van der Waals surface area contributed by atoms with Crippen LogP contribution in [0.4, 0.5) is 18.9 Å². The summed E-state index contributed by atoms with van der Waals surface area (Å²) in [6.07, 6.45) is -5.78. The topological polar surface area (TPSA) is 66.0 Å². The van der Waals surface area contributed by atoms with Gasteiger partial charge in [-0.1, -0.05) is 54.1 Å². The Balaban J connectivity index is 1.52. The number of benzodiazepines with no additional fused rings is 1. The molecule has 4 rings (SSSR count). The van der Waals surface area contributed by atoms with Crippen LogP contribution in [0.2, 0.25) is 5.02 Å². The Bertz CT molecular complexity index is 1300. The summed E-state index contributed by atoms with van der Waals surface area (Å²) in [4.78, 5) is 19.5. The van der Waals surface area contributed by atoms with Gasteiger partial charge in [0, 0.05) is 29.7 Å². The van der Waals surface area contributed by atoms with Crippen molar-refractivity contribution in [2.75, 3.05) is 11.9 Å². The fourth-order valence-electron chi connectivity index (χ4n) is 3.63. The van der Waals surface area contributed by atoms with Gasteiger partial charge in [0.1, 0.15) is 5.75 Å². The smallest absolute Gasteiger partial charge is 0.406 e. The molecule has 3 aromatic carbocycles.